The highest BCUT2D eigenvalue weighted by Gasteiger charge is 2.28. The summed E-state index contributed by atoms with van der Waals surface area (Å²) in [6.45, 7) is 2.49. The van der Waals surface area contributed by atoms with Crippen molar-refractivity contribution < 1.29 is 17.9 Å². The largest absolute Gasteiger partial charge is 0.486 e. The fourth-order valence-electron chi connectivity index (χ4n) is 1.74. The standard InChI is InChI=1S/C12H16N2O4S2/c1-8(12(13)19)14(2)20(15,16)9-3-4-10-11(7-9)18-6-5-17-10/h3-4,7-8H,5-6H2,1-2H3,(H2,13,19). The number of fused-ring (bicyclic) bond motifs is 1. The highest BCUT2D eigenvalue weighted by Crippen LogP contribution is 2.33. The number of likely N-dealkylation sites (N-methyl/N-ethyl adjacent to an activating group) is 1. The van der Waals surface area contributed by atoms with Crippen LogP contribution in [0.3, 0.4) is 0 Å². The lowest BCUT2D eigenvalue weighted by atomic mass is 10.3. The second-order valence-corrected chi connectivity index (χ2v) is 6.87. The predicted molar refractivity (Wildman–Crippen MR) is 78.6 cm³/mol. The zero-order valence-electron chi connectivity index (χ0n) is 11.2. The van der Waals surface area contributed by atoms with Crippen LogP contribution in [0.5, 0.6) is 11.5 Å². The van der Waals surface area contributed by atoms with Gasteiger partial charge in [-0.3, -0.25) is 0 Å². The Kier molecular flexibility index (Phi) is 4.17. The van der Waals surface area contributed by atoms with E-state index in [-0.39, 0.29) is 9.88 Å². The number of hydrogen-bond donors (Lipinski definition) is 1. The lowest BCUT2D eigenvalue weighted by molar-refractivity contribution is 0.171. The Bertz CT molecular complexity index is 630. The van der Waals surface area contributed by atoms with Crippen LogP contribution in [0.4, 0.5) is 0 Å². The molecule has 1 atom stereocenters. The average Bonchev–Trinajstić information content (AvgIpc) is 2.44. The van der Waals surface area contributed by atoms with Crippen molar-refractivity contribution in [1.29, 1.82) is 0 Å². The smallest absolute Gasteiger partial charge is 0.243 e. The van der Waals surface area contributed by atoms with Crippen molar-refractivity contribution in [3.05, 3.63) is 18.2 Å². The van der Waals surface area contributed by atoms with Crippen LogP contribution in [0.25, 0.3) is 0 Å². The van der Waals surface area contributed by atoms with Gasteiger partial charge in [0, 0.05) is 13.1 Å². The van der Waals surface area contributed by atoms with E-state index < -0.39 is 16.1 Å². The van der Waals surface area contributed by atoms with Gasteiger partial charge in [-0.2, -0.15) is 4.31 Å². The molecule has 0 aliphatic carbocycles. The molecule has 2 rings (SSSR count). The number of rotatable bonds is 4. The molecule has 0 saturated carbocycles. The first kappa shape index (κ1) is 15.0. The summed E-state index contributed by atoms with van der Waals surface area (Å²) in [5.41, 5.74) is 5.50. The third-order valence-electron chi connectivity index (χ3n) is 3.15. The molecule has 0 amide bonds. The molecule has 0 spiro atoms. The van der Waals surface area contributed by atoms with Crippen LogP contribution >= 0.6 is 12.2 Å². The van der Waals surface area contributed by atoms with Gasteiger partial charge in [0.1, 0.15) is 13.2 Å². The molecule has 1 unspecified atom stereocenters. The van der Waals surface area contributed by atoms with Gasteiger partial charge >= 0.3 is 0 Å². The lowest BCUT2D eigenvalue weighted by Gasteiger charge is -2.24. The maximum atomic E-state index is 12.5. The Morgan fingerprint density at radius 1 is 1.35 bits per heavy atom. The van der Waals surface area contributed by atoms with Gasteiger partial charge in [0.15, 0.2) is 11.5 Å². The van der Waals surface area contributed by atoms with E-state index in [4.69, 9.17) is 27.4 Å². The van der Waals surface area contributed by atoms with Gasteiger partial charge in [-0.1, -0.05) is 12.2 Å². The summed E-state index contributed by atoms with van der Waals surface area (Å²) in [6, 6.07) is 3.95. The van der Waals surface area contributed by atoms with Crippen LogP contribution in [-0.2, 0) is 10.0 Å². The predicted octanol–water partition coefficient (Wildman–Crippen LogP) is 0.753. The molecule has 110 valence electrons. The van der Waals surface area contributed by atoms with Gasteiger partial charge in [0.25, 0.3) is 0 Å². The highest BCUT2D eigenvalue weighted by molar-refractivity contribution is 7.89. The topological polar surface area (TPSA) is 81.9 Å². The molecule has 0 bridgehead atoms. The van der Waals surface area contributed by atoms with E-state index in [0.717, 1.165) is 4.31 Å². The summed E-state index contributed by atoms with van der Waals surface area (Å²) in [5, 5.41) is 0. The second kappa shape index (κ2) is 5.55. The molecule has 1 heterocycles. The van der Waals surface area contributed by atoms with E-state index in [9.17, 15) is 8.42 Å². The second-order valence-electron chi connectivity index (χ2n) is 4.41. The molecule has 0 saturated heterocycles. The fourth-order valence-corrected chi connectivity index (χ4v) is 3.32. The highest BCUT2D eigenvalue weighted by atomic mass is 32.2. The Hall–Kier alpha value is -1.38. The van der Waals surface area contributed by atoms with Crippen molar-refractivity contribution in [2.45, 2.75) is 17.9 Å². The molecule has 1 aromatic rings. The van der Waals surface area contributed by atoms with Gasteiger partial charge < -0.3 is 15.2 Å². The molecule has 20 heavy (non-hydrogen) atoms. The van der Waals surface area contributed by atoms with Gasteiger partial charge in [0.05, 0.1) is 15.9 Å². The first-order valence-corrected chi connectivity index (χ1v) is 7.86. The molecule has 1 aromatic carbocycles. The third-order valence-corrected chi connectivity index (χ3v) is 5.41. The summed E-state index contributed by atoms with van der Waals surface area (Å²) in [4.78, 5) is 0.237. The van der Waals surface area contributed by atoms with Gasteiger partial charge in [-0.05, 0) is 19.1 Å². The van der Waals surface area contributed by atoms with Crippen LogP contribution in [0, 0.1) is 0 Å². The number of nitrogens with two attached hydrogens (primary N) is 1. The van der Waals surface area contributed by atoms with E-state index >= 15 is 0 Å². The minimum Gasteiger partial charge on any atom is -0.486 e. The van der Waals surface area contributed by atoms with Gasteiger partial charge in [0.2, 0.25) is 10.0 Å². The summed E-state index contributed by atoms with van der Waals surface area (Å²) >= 11 is 4.84. The first-order valence-electron chi connectivity index (χ1n) is 6.01. The molecule has 0 fully saturated rings. The van der Waals surface area contributed by atoms with Crippen LogP contribution in [0.15, 0.2) is 23.1 Å². The zero-order valence-corrected chi connectivity index (χ0v) is 12.8. The Balaban J connectivity index is 2.37. The fraction of sp³-hybridized carbons (Fsp3) is 0.417. The molecule has 8 heteroatoms. The normalized spacial score (nSPS) is 15.9. The van der Waals surface area contributed by atoms with Crippen molar-refractivity contribution >= 4 is 27.2 Å². The number of ether oxygens (including phenoxy) is 2. The molecule has 2 N–H and O–H groups in total. The Labute approximate surface area is 123 Å². The molecule has 0 radical (unpaired) electrons. The van der Waals surface area contributed by atoms with Gasteiger partial charge in [-0.25, -0.2) is 8.42 Å². The van der Waals surface area contributed by atoms with Crippen molar-refractivity contribution in [3.63, 3.8) is 0 Å². The summed E-state index contributed by atoms with van der Waals surface area (Å²) < 4.78 is 36.8. The number of hydrogen-bond acceptors (Lipinski definition) is 5. The minimum absolute atomic E-state index is 0.118. The van der Waals surface area contributed by atoms with Crippen LogP contribution in [-0.4, -0.2) is 44.0 Å². The molecular weight excluding hydrogens is 300 g/mol. The van der Waals surface area contributed by atoms with Crippen LogP contribution in [0.2, 0.25) is 0 Å². The van der Waals surface area contributed by atoms with Crippen molar-refractivity contribution in [2.24, 2.45) is 5.73 Å². The zero-order chi connectivity index (χ0) is 14.9. The number of sulfonamides is 1. The van der Waals surface area contributed by atoms with Crippen LogP contribution in [0.1, 0.15) is 6.92 Å². The SMILES string of the molecule is CC(C(N)=S)N(C)S(=O)(=O)c1ccc2c(c1)OCCO2. The van der Waals surface area contributed by atoms with E-state index in [1.807, 2.05) is 0 Å². The third kappa shape index (κ3) is 2.72. The first-order chi connectivity index (χ1) is 9.34. The van der Waals surface area contributed by atoms with Crippen LogP contribution < -0.4 is 15.2 Å². The monoisotopic (exact) mass is 316 g/mol. The summed E-state index contributed by atoms with van der Waals surface area (Å²) in [7, 11) is -2.25. The Morgan fingerprint density at radius 3 is 2.55 bits per heavy atom. The maximum Gasteiger partial charge on any atom is 0.243 e. The van der Waals surface area contributed by atoms with Gasteiger partial charge in [-0.15, -0.1) is 0 Å². The lowest BCUT2D eigenvalue weighted by Crippen LogP contribution is -2.42. The van der Waals surface area contributed by atoms with Crippen molar-refractivity contribution in [1.82, 2.24) is 4.31 Å². The van der Waals surface area contributed by atoms with E-state index in [0.29, 0.717) is 24.7 Å². The quantitative estimate of drug-likeness (QED) is 0.826. The van der Waals surface area contributed by atoms with E-state index in [1.54, 1.807) is 13.0 Å². The summed E-state index contributed by atoms with van der Waals surface area (Å²) in [5.74, 6) is 0.967. The molecule has 6 nitrogen and oxygen atoms in total. The number of benzene rings is 1. The molecule has 1 aliphatic heterocycles. The van der Waals surface area contributed by atoms with Crippen molar-refractivity contribution in [2.75, 3.05) is 20.3 Å². The maximum absolute atomic E-state index is 12.5. The molecule has 1 aliphatic rings. The molecule has 0 aromatic heterocycles. The van der Waals surface area contributed by atoms with E-state index in [1.165, 1.54) is 19.2 Å². The van der Waals surface area contributed by atoms with Crippen molar-refractivity contribution in [3.8, 4) is 11.5 Å². The number of thiocarbonyl (C=S) groups is 1. The van der Waals surface area contributed by atoms with E-state index in [2.05, 4.69) is 0 Å². The number of nitrogens with zero attached hydrogens (tertiary/aromatic N) is 1. The summed E-state index contributed by atoms with van der Waals surface area (Å²) in [6.07, 6.45) is 0. The average molecular weight is 316 g/mol. The molecular formula is C12H16N2O4S2. The minimum atomic E-state index is -3.69. The Morgan fingerprint density at radius 2 is 1.95 bits per heavy atom.